The Balaban J connectivity index is 1.72. The highest BCUT2D eigenvalue weighted by Gasteiger charge is 2.09. The molecule has 0 aliphatic rings. The highest BCUT2D eigenvalue weighted by Crippen LogP contribution is 2.30. The highest BCUT2D eigenvalue weighted by molar-refractivity contribution is 5.93. The maximum Gasteiger partial charge on any atom is 0.226 e. The molecule has 0 bridgehead atoms. The third-order valence-electron chi connectivity index (χ3n) is 4.32. The molecule has 0 radical (unpaired) electrons. The molecule has 7 heteroatoms. The van der Waals surface area contributed by atoms with Gasteiger partial charge >= 0.3 is 0 Å². The Bertz CT molecular complexity index is 980. The standard InChI is InChI=1S/C23H28N4O3/c1-5-24-23(27-18-11-12-20(28-4)21(13-18)29-6-2)25-14-19-15-30-22(26-19)17-9-7-16(3)8-10-17/h7-13,15H,5-6,14H2,1-4H3,(H2,24,25,27). The molecule has 0 saturated heterocycles. The van der Waals surface area contributed by atoms with Crippen molar-refractivity contribution >= 4 is 11.6 Å². The van der Waals surface area contributed by atoms with Gasteiger partial charge in [0.05, 0.1) is 20.3 Å². The lowest BCUT2D eigenvalue weighted by atomic mass is 10.1. The molecular formula is C23H28N4O3. The molecule has 0 unspecified atom stereocenters. The number of oxazole rings is 1. The van der Waals surface area contributed by atoms with Crippen LogP contribution >= 0.6 is 0 Å². The largest absolute Gasteiger partial charge is 0.493 e. The average molecular weight is 409 g/mol. The summed E-state index contributed by atoms with van der Waals surface area (Å²) in [4.78, 5) is 9.16. The zero-order valence-electron chi connectivity index (χ0n) is 17.9. The number of ether oxygens (including phenoxy) is 2. The van der Waals surface area contributed by atoms with Gasteiger partial charge in [-0.3, -0.25) is 0 Å². The normalized spacial score (nSPS) is 11.3. The first-order chi connectivity index (χ1) is 14.6. The maximum absolute atomic E-state index is 5.64. The van der Waals surface area contributed by atoms with Crippen molar-refractivity contribution in [2.75, 3.05) is 25.6 Å². The number of nitrogens with zero attached hydrogens (tertiary/aromatic N) is 2. The second-order valence-corrected chi connectivity index (χ2v) is 6.63. The van der Waals surface area contributed by atoms with Crippen molar-refractivity contribution in [1.82, 2.24) is 10.3 Å². The Morgan fingerprint density at radius 2 is 1.90 bits per heavy atom. The quantitative estimate of drug-likeness (QED) is 0.418. The van der Waals surface area contributed by atoms with Gasteiger partial charge in [-0.05, 0) is 45.0 Å². The lowest BCUT2D eigenvalue weighted by molar-refractivity contribution is 0.311. The van der Waals surface area contributed by atoms with Crippen LogP contribution in [0.3, 0.4) is 0 Å². The first kappa shape index (κ1) is 21.2. The monoisotopic (exact) mass is 408 g/mol. The van der Waals surface area contributed by atoms with Crippen LogP contribution in [-0.2, 0) is 6.54 Å². The fraction of sp³-hybridized carbons (Fsp3) is 0.304. The number of benzene rings is 2. The van der Waals surface area contributed by atoms with E-state index in [2.05, 4.69) is 27.5 Å². The molecule has 158 valence electrons. The lowest BCUT2D eigenvalue weighted by Crippen LogP contribution is -2.30. The van der Waals surface area contributed by atoms with Gasteiger partial charge in [-0.25, -0.2) is 9.98 Å². The first-order valence-electron chi connectivity index (χ1n) is 10.0. The lowest BCUT2D eigenvalue weighted by Gasteiger charge is -2.14. The zero-order chi connectivity index (χ0) is 21.3. The molecule has 2 N–H and O–H groups in total. The van der Waals surface area contributed by atoms with Crippen molar-refractivity contribution in [2.24, 2.45) is 4.99 Å². The second-order valence-electron chi connectivity index (χ2n) is 6.63. The van der Waals surface area contributed by atoms with E-state index in [4.69, 9.17) is 13.9 Å². The van der Waals surface area contributed by atoms with Gasteiger partial charge in [0.15, 0.2) is 17.5 Å². The molecule has 0 atom stereocenters. The van der Waals surface area contributed by atoms with Gasteiger partial charge < -0.3 is 24.5 Å². The van der Waals surface area contributed by atoms with Crippen LogP contribution < -0.4 is 20.1 Å². The Kier molecular flexibility index (Phi) is 7.32. The van der Waals surface area contributed by atoms with Crippen LogP contribution in [0.1, 0.15) is 25.1 Å². The van der Waals surface area contributed by atoms with Crippen molar-refractivity contribution in [2.45, 2.75) is 27.3 Å². The third kappa shape index (κ3) is 5.53. The van der Waals surface area contributed by atoms with Crippen LogP contribution in [0.25, 0.3) is 11.5 Å². The van der Waals surface area contributed by atoms with E-state index in [0.717, 1.165) is 23.5 Å². The summed E-state index contributed by atoms with van der Waals surface area (Å²) in [7, 11) is 1.62. The SMILES string of the molecule is CCNC(=NCc1coc(-c2ccc(C)cc2)n1)Nc1ccc(OC)c(OCC)c1. The minimum absolute atomic E-state index is 0.388. The van der Waals surface area contributed by atoms with Gasteiger partial charge in [-0.15, -0.1) is 0 Å². The molecule has 0 aliphatic heterocycles. The number of methoxy groups -OCH3 is 1. The minimum Gasteiger partial charge on any atom is -0.493 e. The van der Waals surface area contributed by atoms with Gasteiger partial charge in [0.25, 0.3) is 0 Å². The molecule has 2 aromatic carbocycles. The summed E-state index contributed by atoms with van der Waals surface area (Å²) in [5, 5.41) is 6.52. The minimum atomic E-state index is 0.388. The fourth-order valence-electron chi connectivity index (χ4n) is 2.83. The first-order valence-corrected chi connectivity index (χ1v) is 10.0. The number of guanidine groups is 1. The predicted molar refractivity (Wildman–Crippen MR) is 119 cm³/mol. The van der Waals surface area contributed by atoms with E-state index in [1.165, 1.54) is 5.56 Å². The molecule has 7 nitrogen and oxygen atoms in total. The summed E-state index contributed by atoms with van der Waals surface area (Å²) in [6, 6.07) is 13.7. The molecule has 0 amide bonds. The van der Waals surface area contributed by atoms with Crippen LogP contribution in [-0.4, -0.2) is 31.2 Å². The van der Waals surface area contributed by atoms with E-state index in [0.29, 0.717) is 36.5 Å². The van der Waals surface area contributed by atoms with Gasteiger partial charge in [0.1, 0.15) is 12.0 Å². The summed E-state index contributed by atoms with van der Waals surface area (Å²) < 4.78 is 16.6. The summed E-state index contributed by atoms with van der Waals surface area (Å²) in [6.45, 7) is 7.68. The third-order valence-corrected chi connectivity index (χ3v) is 4.32. The maximum atomic E-state index is 5.64. The predicted octanol–water partition coefficient (Wildman–Crippen LogP) is 4.63. The summed E-state index contributed by atoms with van der Waals surface area (Å²) >= 11 is 0. The number of rotatable bonds is 8. The van der Waals surface area contributed by atoms with Crippen molar-refractivity contribution in [3.05, 3.63) is 60.0 Å². The number of anilines is 1. The number of nitrogens with one attached hydrogen (secondary N) is 2. The molecule has 0 saturated carbocycles. The molecular weight excluding hydrogens is 380 g/mol. The van der Waals surface area contributed by atoms with Gasteiger partial charge in [-0.1, -0.05) is 17.7 Å². The van der Waals surface area contributed by atoms with Crippen LogP contribution in [0.5, 0.6) is 11.5 Å². The molecule has 1 heterocycles. The number of aryl methyl sites for hydroxylation is 1. The van der Waals surface area contributed by atoms with E-state index >= 15 is 0 Å². The second kappa shape index (κ2) is 10.3. The summed E-state index contributed by atoms with van der Waals surface area (Å²) in [5.41, 5.74) is 3.75. The van der Waals surface area contributed by atoms with Gasteiger partial charge in [-0.2, -0.15) is 0 Å². The van der Waals surface area contributed by atoms with Crippen molar-refractivity contribution < 1.29 is 13.9 Å². The number of hydrogen-bond donors (Lipinski definition) is 2. The molecule has 0 aliphatic carbocycles. The Labute approximate surface area is 177 Å². The van der Waals surface area contributed by atoms with Gasteiger partial charge in [0.2, 0.25) is 5.89 Å². The van der Waals surface area contributed by atoms with Crippen LogP contribution in [0.2, 0.25) is 0 Å². The summed E-state index contributed by atoms with van der Waals surface area (Å²) in [5.74, 6) is 2.61. The van der Waals surface area contributed by atoms with E-state index in [1.54, 1.807) is 13.4 Å². The zero-order valence-corrected chi connectivity index (χ0v) is 17.9. The van der Waals surface area contributed by atoms with Crippen molar-refractivity contribution in [1.29, 1.82) is 0 Å². The number of hydrogen-bond acceptors (Lipinski definition) is 5. The van der Waals surface area contributed by atoms with Crippen molar-refractivity contribution in [3.63, 3.8) is 0 Å². The summed E-state index contributed by atoms with van der Waals surface area (Å²) in [6.07, 6.45) is 1.64. The van der Waals surface area contributed by atoms with Crippen LogP contribution in [0, 0.1) is 6.92 Å². The fourth-order valence-corrected chi connectivity index (χ4v) is 2.83. The Hall–Kier alpha value is -3.48. The Morgan fingerprint density at radius 1 is 1.10 bits per heavy atom. The van der Waals surface area contributed by atoms with Crippen LogP contribution in [0.4, 0.5) is 5.69 Å². The van der Waals surface area contributed by atoms with Crippen molar-refractivity contribution in [3.8, 4) is 23.0 Å². The molecule has 3 aromatic rings. The Morgan fingerprint density at radius 3 is 2.60 bits per heavy atom. The topological polar surface area (TPSA) is 80.9 Å². The smallest absolute Gasteiger partial charge is 0.226 e. The molecule has 0 fully saturated rings. The molecule has 30 heavy (non-hydrogen) atoms. The van der Waals surface area contributed by atoms with E-state index in [1.807, 2.05) is 56.3 Å². The molecule has 1 aromatic heterocycles. The molecule has 3 rings (SSSR count). The van der Waals surface area contributed by atoms with Crippen LogP contribution in [0.15, 0.2) is 58.1 Å². The number of aromatic nitrogens is 1. The van der Waals surface area contributed by atoms with Gasteiger partial charge in [0, 0.05) is 23.9 Å². The molecule has 0 spiro atoms. The number of aliphatic imine (C=N–C) groups is 1. The highest BCUT2D eigenvalue weighted by atomic mass is 16.5. The van der Waals surface area contributed by atoms with E-state index < -0.39 is 0 Å². The van der Waals surface area contributed by atoms with E-state index in [9.17, 15) is 0 Å². The average Bonchev–Trinajstić information content (AvgIpc) is 3.22. The van der Waals surface area contributed by atoms with E-state index in [-0.39, 0.29) is 0 Å².